The molecule has 1 aliphatic heterocycles. The van der Waals surface area contributed by atoms with E-state index in [0.717, 1.165) is 30.6 Å². The second-order valence-corrected chi connectivity index (χ2v) is 8.21. The van der Waals surface area contributed by atoms with E-state index in [-0.39, 0.29) is 14.8 Å². The minimum absolute atomic E-state index is 0.00753. The highest BCUT2D eigenvalue weighted by atomic mass is 35.5. The molecule has 2 rings (SSSR count). The van der Waals surface area contributed by atoms with E-state index >= 15 is 0 Å². The Morgan fingerprint density at radius 1 is 1.63 bits per heavy atom. The fourth-order valence-electron chi connectivity index (χ4n) is 2.03. The summed E-state index contributed by atoms with van der Waals surface area (Å²) < 4.78 is 32.4. The lowest BCUT2D eigenvalue weighted by atomic mass is 10.1. The van der Waals surface area contributed by atoms with Crippen molar-refractivity contribution < 1.29 is 13.2 Å². The first-order valence-corrected chi connectivity index (χ1v) is 8.90. The summed E-state index contributed by atoms with van der Waals surface area (Å²) in [5.74, 6) is 0. The normalized spacial score (nSPS) is 21.7. The summed E-state index contributed by atoms with van der Waals surface area (Å²) in [7, 11) is -3.47. The van der Waals surface area contributed by atoms with Gasteiger partial charge >= 0.3 is 0 Å². The van der Waals surface area contributed by atoms with E-state index in [0.29, 0.717) is 19.7 Å². The number of halogens is 1. The zero-order valence-corrected chi connectivity index (χ0v) is 13.1. The lowest BCUT2D eigenvalue weighted by molar-refractivity contribution is 0.0194. The Labute approximate surface area is 122 Å². The predicted molar refractivity (Wildman–Crippen MR) is 75.1 cm³/mol. The molecule has 0 amide bonds. The fourth-order valence-corrected chi connectivity index (χ4v) is 4.99. The number of hydrogen-bond donors (Lipinski definition) is 0. The monoisotopic (exact) mass is 324 g/mol. The van der Waals surface area contributed by atoms with Gasteiger partial charge in [-0.05, 0) is 19.3 Å². The van der Waals surface area contributed by atoms with Crippen LogP contribution in [-0.2, 0) is 14.8 Å². The van der Waals surface area contributed by atoms with Crippen molar-refractivity contribution in [1.29, 1.82) is 0 Å². The van der Waals surface area contributed by atoms with Gasteiger partial charge in [-0.15, -0.1) is 0 Å². The van der Waals surface area contributed by atoms with E-state index in [1.807, 2.05) is 6.92 Å². The third-order valence-electron chi connectivity index (χ3n) is 2.95. The number of hydrogen-bond acceptors (Lipinski definition) is 5. The van der Waals surface area contributed by atoms with E-state index in [4.69, 9.17) is 16.3 Å². The third-order valence-corrected chi connectivity index (χ3v) is 6.37. The standard InChI is InChI=1S/C11H17ClN2O3S2/c1-2-6-17-9-4-3-5-14(8-9)19(15,16)10-7-13-11(12)18-10/h7,9H,2-6,8H2,1H3. The van der Waals surface area contributed by atoms with Crippen LogP contribution >= 0.6 is 22.9 Å². The maximum atomic E-state index is 12.4. The van der Waals surface area contributed by atoms with Gasteiger partial charge in [0.25, 0.3) is 10.0 Å². The summed E-state index contributed by atoms with van der Waals surface area (Å²) >= 11 is 6.69. The van der Waals surface area contributed by atoms with Crippen molar-refractivity contribution in [2.24, 2.45) is 0 Å². The summed E-state index contributed by atoms with van der Waals surface area (Å²) in [6.07, 6.45) is 3.98. The number of sulfonamides is 1. The first kappa shape index (κ1) is 15.2. The van der Waals surface area contributed by atoms with E-state index in [2.05, 4.69) is 4.98 Å². The average molecular weight is 325 g/mol. The van der Waals surface area contributed by atoms with Crippen LogP contribution in [0.1, 0.15) is 26.2 Å². The van der Waals surface area contributed by atoms with Gasteiger partial charge in [-0.2, -0.15) is 4.31 Å². The number of rotatable bonds is 5. The SMILES string of the molecule is CCCOC1CCCN(S(=O)(=O)c2cnc(Cl)s2)C1. The molecule has 1 aromatic rings. The molecule has 19 heavy (non-hydrogen) atoms. The number of aromatic nitrogens is 1. The molecule has 2 heterocycles. The molecule has 0 saturated carbocycles. The number of nitrogens with zero attached hydrogens (tertiary/aromatic N) is 2. The molecule has 1 fully saturated rings. The molecule has 1 aliphatic rings. The van der Waals surface area contributed by atoms with Gasteiger partial charge < -0.3 is 4.74 Å². The molecule has 1 unspecified atom stereocenters. The molecule has 0 radical (unpaired) electrons. The predicted octanol–water partition coefficient (Wildman–Crippen LogP) is 2.38. The first-order chi connectivity index (χ1) is 9.04. The Kier molecular flexibility index (Phi) is 5.19. The molecule has 0 spiro atoms. The Morgan fingerprint density at radius 2 is 2.42 bits per heavy atom. The van der Waals surface area contributed by atoms with Crippen LogP contribution in [0, 0.1) is 0 Å². The summed E-state index contributed by atoms with van der Waals surface area (Å²) in [5, 5.41) is 0. The topological polar surface area (TPSA) is 59.5 Å². The van der Waals surface area contributed by atoms with Crippen LogP contribution in [0.2, 0.25) is 4.47 Å². The highest BCUT2D eigenvalue weighted by molar-refractivity contribution is 7.91. The number of thiazole rings is 1. The van der Waals surface area contributed by atoms with Crippen molar-refractivity contribution in [3.63, 3.8) is 0 Å². The Bertz CT molecular complexity index is 518. The van der Waals surface area contributed by atoms with Gasteiger partial charge in [-0.3, -0.25) is 0 Å². The lowest BCUT2D eigenvalue weighted by Crippen LogP contribution is -2.43. The van der Waals surface area contributed by atoms with Crippen molar-refractivity contribution in [2.45, 2.75) is 36.5 Å². The highest BCUT2D eigenvalue weighted by Gasteiger charge is 2.31. The van der Waals surface area contributed by atoms with E-state index < -0.39 is 10.0 Å². The minimum atomic E-state index is -3.47. The van der Waals surface area contributed by atoms with Crippen molar-refractivity contribution in [3.05, 3.63) is 10.7 Å². The van der Waals surface area contributed by atoms with E-state index in [1.54, 1.807) is 0 Å². The molecular weight excluding hydrogens is 308 g/mol. The minimum Gasteiger partial charge on any atom is -0.377 e. The van der Waals surface area contributed by atoms with Crippen LogP contribution in [0.4, 0.5) is 0 Å². The van der Waals surface area contributed by atoms with Gasteiger partial charge in [-0.1, -0.05) is 29.9 Å². The molecule has 0 N–H and O–H groups in total. The second kappa shape index (κ2) is 6.49. The molecule has 8 heteroatoms. The summed E-state index contributed by atoms with van der Waals surface area (Å²) in [5.41, 5.74) is 0. The van der Waals surface area contributed by atoms with Crippen molar-refractivity contribution in [1.82, 2.24) is 9.29 Å². The first-order valence-electron chi connectivity index (χ1n) is 6.27. The zero-order chi connectivity index (χ0) is 13.9. The van der Waals surface area contributed by atoms with Gasteiger partial charge in [0.05, 0.1) is 12.3 Å². The smallest absolute Gasteiger partial charge is 0.254 e. The summed E-state index contributed by atoms with van der Waals surface area (Å²) in [6, 6.07) is 0. The molecule has 5 nitrogen and oxygen atoms in total. The molecule has 1 saturated heterocycles. The molecule has 0 aliphatic carbocycles. The molecule has 1 aromatic heterocycles. The molecule has 0 bridgehead atoms. The van der Waals surface area contributed by atoms with E-state index in [1.165, 1.54) is 10.5 Å². The molecule has 1 atom stereocenters. The summed E-state index contributed by atoms with van der Waals surface area (Å²) in [6.45, 7) is 3.66. The third kappa shape index (κ3) is 3.66. The van der Waals surface area contributed by atoms with Gasteiger partial charge in [0, 0.05) is 19.7 Å². The lowest BCUT2D eigenvalue weighted by Gasteiger charge is -2.31. The van der Waals surface area contributed by atoms with Crippen LogP contribution in [0.25, 0.3) is 0 Å². The van der Waals surface area contributed by atoms with Gasteiger partial charge in [0.2, 0.25) is 0 Å². The van der Waals surface area contributed by atoms with Gasteiger partial charge in [0.1, 0.15) is 0 Å². The quantitative estimate of drug-likeness (QED) is 0.834. The molecule has 0 aromatic carbocycles. The van der Waals surface area contributed by atoms with Gasteiger partial charge in [0.15, 0.2) is 8.68 Å². The van der Waals surface area contributed by atoms with E-state index in [9.17, 15) is 8.42 Å². The summed E-state index contributed by atoms with van der Waals surface area (Å²) in [4.78, 5) is 3.79. The highest BCUT2D eigenvalue weighted by Crippen LogP contribution is 2.28. The van der Waals surface area contributed by atoms with Crippen molar-refractivity contribution >= 4 is 33.0 Å². The van der Waals surface area contributed by atoms with Crippen LogP contribution in [0.15, 0.2) is 10.4 Å². The Hall–Kier alpha value is -0.210. The molecular formula is C11H17ClN2O3S2. The van der Waals surface area contributed by atoms with Crippen LogP contribution in [-0.4, -0.2) is 43.5 Å². The van der Waals surface area contributed by atoms with Crippen LogP contribution in [0.5, 0.6) is 0 Å². The fraction of sp³-hybridized carbons (Fsp3) is 0.727. The second-order valence-electron chi connectivity index (χ2n) is 4.43. The van der Waals surface area contributed by atoms with Crippen LogP contribution in [0.3, 0.4) is 0 Å². The largest absolute Gasteiger partial charge is 0.377 e. The zero-order valence-electron chi connectivity index (χ0n) is 10.7. The van der Waals surface area contributed by atoms with Crippen molar-refractivity contribution in [2.75, 3.05) is 19.7 Å². The van der Waals surface area contributed by atoms with Crippen LogP contribution < -0.4 is 0 Å². The maximum Gasteiger partial charge on any atom is 0.254 e. The van der Waals surface area contributed by atoms with Crippen molar-refractivity contribution in [3.8, 4) is 0 Å². The number of piperidine rings is 1. The Morgan fingerprint density at radius 3 is 3.05 bits per heavy atom. The number of ether oxygens (including phenoxy) is 1. The maximum absolute atomic E-state index is 12.4. The van der Waals surface area contributed by atoms with Gasteiger partial charge in [-0.25, -0.2) is 13.4 Å². The Balaban J connectivity index is 2.08. The average Bonchev–Trinajstić information content (AvgIpc) is 2.84. The molecule has 108 valence electrons.